The molecule has 2 heterocycles. The molecule has 0 aromatic carbocycles. The fraction of sp³-hybridized carbons (Fsp3) is 0.643. The third-order valence-corrected chi connectivity index (χ3v) is 3.35. The lowest BCUT2D eigenvalue weighted by atomic mass is 10.2. The van der Waals surface area contributed by atoms with E-state index in [9.17, 15) is 4.79 Å². The van der Waals surface area contributed by atoms with Crippen molar-refractivity contribution in [3.63, 3.8) is 0 Å². The van der Waals surface area contributed by atoms with Crippen LogP contribution in [0.2, 0.25) is 0 Å². The van der Waals surface area contributed by atoms with Crippen LogP contribution in [0.25, 0.3) is 0 Å². The van der Waals surface area contributed by atoms with Crippen LogP contribution in [0.1, 0.15) is 49.5 Å². The van der Waals surface area contributed by atoms with E-state index in [-0.39, 0.29) is 5.91 Å². The third-order valence-electron chi connectivity index (χ3n) is 3.35. The minimum Gasteiger partial charge on any atom is -0.355 e. The second-order valence-electron chi connectivity index (χ2n) is 4.93. The third kappa shape index (κ3) is 3.91. The summed E-state index contributed by atoms with van der Waals surface area (Å²) in [6.07, 6.45) is 5.93. The molecule has 1 aromatic heterocycles. The molecule has 0 aliphatic carbocycles. The summed E-state index contributed by atoms with van der Waals surface area (Å²) < 4.78 is 0. The Hall–Kier alpha value is -1.65. The van der Waals surface area contributed by atoms with Gasteiger partial charge in [0.25, 0.3) is 5.91 Å². The number of aromatic nitrogens is 2. The summed E-state index contributed by atoms with van der Waals surface area (Å²) in [4.78, 5) is 14.0. The van der Waals surface area contributed by atoms with Crippen molar-refractivity contribution in [2.75, 3.05) is 24.5 Å². The van der Waals surface area contributed by atoms with Crippen molar-refractivity contribution < 1.29 is 4.79 Å². The molecule has 19 heavy (non-hydrogen) atoms. The maximum absolute atomic E-state index is 11.7. The van der Waals surface area contributed by atoms with Gasteiger partial charge in [-0.15, -0.1) is 10.2 Å². The molecule has 1 aliphatic heterocycles. The molecule has 0 bridgehead atoms. The Morgan fingerprint density at radius 3 is 2.53 bits per heavy atom. The molecule has 0 atom stereocenters. The SMILES string of the molecule is CCCNC(=O)c1ccc(N2CCCCCC2)nn1. The van der Waals surface area contributed by atoms with E-state index < -0.39 is 0 Å². The van der Waals surface area contributed by atoms with Gasteiger partial charge < -0.3 is 10.2 Å². The molecule has 0 radical (unpaired) electrons. The molecule has 0 saturated carbocycles. The number of nitrogens with one attached hydrogen (secondary N) is 1. The topological polar surface area (TPSA) is 58.1 Å². The van der Waals surface area contributed by atoms with Crippen LogP contribution in [0.15, 0.2) is 12.1 Å². The van der Waals surface area contributed by atoms with Gasteiger partial charge >= 0.3 is 0 Å². The molecule has 1 aromatic rings. The van der Waals surface area contributed by atoms with E-state index >= 15 is 0 Å². The first kappa shape index (κ1) is 13.8. The molecule has 1 aliphatic rings. The number of nitrogens with zero attached hydrogens (tertiary/aromatic N) is 3. The van der Waals surface area contributed by atoms with Gasteiger partial charge in [-0.05, 0) is 31.4 Å². The van der Waals surface area contributed by atoms with E-state index in [1.54, 1.807) is 6.07 Å². The Kier molecular flexibility index (Phi) is 5.12. The molecule has 1 fully saturated rings. The molecule has 1 N–H and O–H groups in total. The minimum absolute atomic E-state index is 0.142. The molecule has 1 amide bonds. The first-order valence-electron chi connectivity index (χ1n) is 7.18. The summed E-state index contributed by atoms with van der Waals surface area (Å²) >= 11 is 0. The molecule has 5 nitrogen and oxygen atoms in total. The van der Waals surface area contributed by atoms with E-state index in [0.717, 1.165) is 25.3 Å². The van der Waals surface area contributed by atoms with Gasteiger partial charge in [0, 0.05) is 19.6 Å². The second-order valence-corrected chi connectivity index (χ2v) is 4.93. The predicted octanol–water partition coefficient (Wildman–Crippen LogP) is 2.00. The van der Waals surface area contributed by atoms with Gasteiger partial charge in [-0.2, -0.15) is 0 Å². The fourth-order valence-corrected chi connectivity index (χ4v) is 2.24. The number of carbonyl (C=O) groups is 1. The standard InChI is InChI=1S/C14H22N4O/c1-2-9-15-14(19)12-7-8-13(17-16-12)18-10-5-3-4-6-11-18/h7-8H,2-6,9-11H2,1H3,(H,15,19). The number of rotatable bonds is 4. The van der Waals surface area contributed by atoms with Gasteiger partial charge in [0.05, 0.1) is 0 Å². The summed E-state index contributed by atoms with van der Waals surface area (Å²) in [5.74, 6) is 0.741. The van der Waals surface area contributed by atoms with Gasteiger partial charge in [0.2, 0.25) is 0 Å². The summed E-state index contributed by atoms with van der Waals surface area (Å²) in [6, 6.07) is 3.66. The van der Waals surface area contributed by atoms with Gasteiger partial charge in [-0.1, -0.05) is 19.8 Å². The molecule has 104 valence electrons. The highest BCUT2D eigenvalue weighted by atomic mass is 16.1. The Labute approximate surface area is 114 Å². The average Bonchev–Trinajstić information content (AvgIpc) is 2.74. The van der Waals surface area contributed by atoms with Crippen molar-refractivity contribution in [3.05, 3.63) is 17.8 Å². The molecule has 1 saturated heterocycles. The van der Waals surface area contributed by atoms with Crippen molar-refractivity contribution in [1.82, 2.24) is 15.5 Å². The van der Waals surface area contributed by atoms with Gasteiger partial charge in [-0.25, -0.2) is 0 Å². The lowest BCUT2D eigenvalue weighted by Crippen LogP contribution is -2.27. The van der Waals surface area contributed by atoms with Crippen molar-refractivity contribution >= 4 is 11.7 Å². The summed E-state index contributed by atoms with van der Waals surface area (Å²) in [5, 5.41) is 11.0. The number of anilines is 1. The van der Waals surface area contributed by atoms with E-state index in [4.69, 9.17) is 0 Å². The molecular formula is C14H22N4O. The van der Waals surface area contributed by atoms with Crippen LogP contribution >= 0.6 is 0 Å². The molecule has 5 heteroatoms. The lowest BCUT2D eigenvalue weighted by molar-refractivity contribution is 0.0947. The van der Waals surface area contributed by atoms with Crippen LogP contribution in [0.4, 0.5) is 5.82 Å². The Balaban J connectivity index is 1.98. The van der Waals surface area contributed by atoms with Crippen molar-refractivity contribution in [1.29, 1.82) is 0 Å². The molecule has 2 rings (SSSR count). The molecular weight excluding hydrogens is 240 g/mol. The van der Waals surface area contributed by atoms with Crippen molar-refractivity contribution in [3.8, 4) is 0 Å². The van der Waals surface area contributed by atoms with E-state index in [1.807, 2.05) is 13.0 Å². The Morgan fingerprint density at radius 2 is 1.95 bits per heavy atom. The predicted molar refractivity (Wildman–Crippen MR) is 75.3 cm³/mol. The maximum Gasteiger partial charge on any atom is 0.271 e. The van der Waals surface area contributed by atoms with Gasteiger partial charge in [0.1, 0.15) is 0 Å². The van der Waals surface area contributed by atoms with E-state index in [2.05, 4.69) is 20.4 Å². The van der Waals surface area contributed by atoms with Crippen LogP contribution in [0.5, 0.6) is 0 Å². The number of amides is 1. The van der Waals surface area contributed by atoms with Gasteiger partial charge in [0.15, 0.2) is 11.5 Å². The zero-order chi connectivity index (χ0) is 13.5. The van der Waals surface area contributed by atoms with Crippen molar-refractivity contribution in [2.45, 2.75) is 39.0 Å². The zero-order valence-electron chi connectivity index (χ0n) is 11.6. The second kappa shape index (κ2) is 7.07. The van der Waals surface area contributed by atoms with Crippen LogP contribution in [-0.4, -0.2) is 35.7 Å². The highest BCUT2D eigenvalue weighted by Gasteiger charge is 2.13. The number of hydrogen-bond donors (Lipinski definition) is 1. The smallest absolute Gasteiger partial charge is 0.271 e. The van der Waals surface area contributed by atoms with Crippen molar-refractivity contribution in [2.24, 2.45) is 0 Å². The zero-order valence-corrected chi connectivity index (χ0v) is 11.6. The minimum atomic E-state index is -0.142. The highest BCUT2D eigenvalue weighted by molar-refractivity contribution is 5.92. The number of hydrogen-bond acceptors (Lipinski definition) is 4. The summed E-state index contributed by atoms with van der Waals surface area (Å²) in [7, 11) is 0. The van der Waals surface area contributed by atoms with Crippen LogP contribution in [0.3, 0.4) is 0 Å². The summed E-state index contributed by atoms with van der Waals surface area (Å²) in [5.41, 5.74) is 0.395. The Morgan fingerprint density at radius 1 is 1.21 bits per heavy atom. The monoisotopic (exact) mass is 262 g/mol. The fourth-order valence-electron chi connectivity index (χ4n) is 2.24. The van der Waals surface area contributed by atoms with Gasteiger partial charge in [-0.3, -0.25) is 4.79 Å². The van der Waals surface area contributed by atoms with Crippen LogP contribution in [0, 0.1) is 0 Å². The quantitative estimate of drug-likeness (QED) is 0.901. The van der Waals surface area contributed by atoms with E-state index in [0.29, 0.717) is 12.2 Å². The maximum atomic E-state index is 11.7. The Bertz CT molecular complexity index is 396. The largest absolute Gasteiger partial charge is 0.355 e. The highest BCUT2D eigenvalue weighted by Crippen LogP contribution is 2.16. The summed E-state index contributed by atoms with van der Waals surface area (Å²) in [6.45, 7) is 4.77. The lowest BCUT2D eigenvalue weighted by Gasteiger charge is -2.20. The average molecular weight is 262 g/mol. The number of carbonyl (C=O) groups excluding carboxylic acids is 1. The normalized spacial score (nSPS) is 15.9. The first-order valence-corrected chi connectivity index (χ1v) is 7.18. The van der Waals surface area contributed by atoms with Crippen LogP contribution in [-0.2, 0) is 0 Å². The molecule has 0 spiro atoms. The van der Waals surface area contributed by atoms with E-state index in [1.165, 1.54) is 25.7 Å². The first-order chi connectivity index (χ1) is 9.31. The van der Waals surface area contributed by atoms with Crippen LogP contribution < -0.4 is 10.2 Å². The molecule has 0 unspecified atom stereocenters.